The highest BCUT2D eigenvalue weighted by atomic mass is 32.2. The first-order chi connectivity index (χ1) is 18.9. The lowest BCUT2D eigenvalue weighted by Crippen LogP contribution is -2.57. The second kappa shape index (κ2) is 8.41. The summed E-state index contributed by atoms with van der Waals surface area (Å²) in [5.41, 5.74) is 7.53. The average molecular weight is 569 g/mol. The van der Waals surface area contributed by atoms with Crippen molar-refractivity contribution in [2.45, 2.75) is 72.8 Å². The highest BCUT2D eigenvalue weighted by Crippen LogP contribution is 2.58. The van der Waals surface area contributed by atoms with Crippen molar-refractivity contribution in [1.29, 1.82) is 5.26 Å². The van der Waals surface area contributed by atoms with Crippen LogP contribution in [0.3, 0.4) is 0 Å². The first-order valence-electron chi connectivity index (χ1n) is 13.7. The summed E-state index contributed by atoms with van der Waals surface area (Å²) in [6.45, 7) is 3.01. The monoisotopic (exact) mass is 568 g/mol. The van der Waals surface area contributed by atoms with Crippen LogP contribution in [0.5, 0.6) is 6.01 Å². The van der Waals surface area contributed by atoms with Crippen molar-refractivity contribution in [2.75, 3.05) is 48.3 Å². The summed E-state index contributed by atoms with van der Waals surface area (Å²) >= 11 is 3.37. The number of fused-ring (bicyclic) bond motifs is 5. The molecule has 0 aliphatic carbocycles. The van der Waals surface area contributed by atoms with Gasteiger partial charge in [-0.3, -0.25) is 9.69 Å². The number of nitriles is 1. The number of Topliss-reactive ketones (excluding diaryl/α,β-unsaturated/α-hetero) is 1. The number of thioether (sulfide) groups is 1. The fourth-order valence-corrected chi connectivity index (χ4v) is 10.6. The van der Waals surface area contributed by atoms with Crippen LogP contribution < -0.4 is 20.3 Å². The predicted octanol–water partition coefficient (Wildman–Crippen LogP) is 2.61. The van der Waals surface area contributed by atoms with Gasteiger partial charge in [-0.1, -0.05) is 0 Å². The van der Waals surface area contributed by atoms with E-state index in [-0.39, 0.29) is 34.2 Å². The molecule has 2 bridgehead atoms. The van der Waals surface area contributed by atoms with Crippen molar-refractivity contribution in [3.63, 3.8) is 0 Å². The van der Waals surface area contributed by atoms with Gasteiger partial charge in [-0.25, -0.2) is 4.39 Å². The van der Waals surface area contributed by atoms with Crippen molar-refractivity contribution in [1.82, 2.24) is 19.9 Å². The number of carbonyl (C=O) groups is 1. The highest BCUT2D eigenvalue weighted by Gasteiger charge is 2.54. The lowest BCUT2D eigenvalue weighted by atomic mass is 9.88. The Labute approximate surface area is 233 Å². The molecule has 2 aromatic rings. The lowest BCUT2D eigenvalue weighted by molar-refractivity contribution is -0.119. The van der Waals surface area contributed by atoms with Crippen molar-refractivity contribution in [3.8, 4) is 12.1 Å². The van der Waals surface area contributed by atoms with Gasteiger partial charge in [0.1, 0.15) is 23.8 Å². The largest absolute Gasteiger partial charge is 0.461 e. The molecule has 8 rings (SSSR count). The molecule has 0 radical (unpaired) electrons. The summed E-state index contributed by atoms with van der Waals surface area (Å²) in [4.78, 5) is 34.4. The second-order valence-corrected chi connectivity index (χ2v) is 14.3. The Morgan fingerprint density at radius 3 is 2.85 bits per heavy atom. The maximum atomic E-state index is 14.3. The maximum Gasteiger partial charge on any atom is 0.323 e. The SMILES string of the molecule is N#Cc1c(N)sc2c1C1(CN(c3nc(OC[C@@]45CCCN4C[C@H](F)C5)nc(N4[C@H]5CC[C@@H]4C(=O)C5)n3)C1)SC2. The number of nitrogens with zero attached hydrogens (tertiary/aromatic N) is 7. The number of nitrogens with two attached hydrogens (primary N) is 1. The molecule has 5 saturated heterocycles. The lowest BCUT2D eigenvalue weighted by Gasteiger charge is -2.47. The molecule has 6 aliphatic rings. The maximum absolute atomic E-state index is 14.3. The number of ether oxygens (including phenoxy) is 1. The van der Waals surface area contributed by atoms with Gasteiger partial charge in [0.15, 0.2) is 5.78 Å². The van der Waals surface area contributed by atoms with Crippen molar-refractivity contribution < 1.29 is 13.9 Å². The van der Waals surface area contributed by atoms with Crippen molar-refractivity contribution in [2.24, 2.45) is 0 Å². The van der Waals surface area contributed by atoms with Crippen LogP contribution >= 0.6 is 23.1 Å². The molecule has 2 aromatic heterocycles. The Morgan fingerprint density at radius 2 is 2.08 bits per heavy atom. The normalized spacial score (nSPS) is 32.1. The zero-order valence-corrected chi connectivity index (χ0v) is 23.1. The summed E-state index contributed by atoms with van der Waals surface area (Å²) in [5, 5.41) is 10.3. The molecule has 10 nitrogen and oxygen atoms in total. The molecule has 0 saturated carbocycles. The number of hydrogen-bond donors (Lipinski definition) is 1. The molecule has 0 amide bonds. The minimum Gasteiger partial charge on any atom is -0.461 e. The van der Waals surface area contributed by atoms with Crippen LogP contribution in [0.4, 0.5) is 21.3 Å². The summed E-state index contributed by atoms with van der Waals surface area (Å²) < 4.78 is 20.4. The Bertz CT molecular complexity index is 1420. The number of hydrogen-bond acceptors (Lipinski definition) is 12. The van der Waals surface area contributed by atoms with E-state index in [1.54, 1.807) is 0 Å². The van der Waals surface area contributed by atoms with E-state index in [2.05, 4.69) is 20.8 Å². The average Bonchev–Trinajstić information content (AvgIpc) is 3.70. The van der Waals surface area contributed by atoms with E-state index in [9.17, 15) is 14.4 Å². The minimum atomic E-state index is -0.833. The van der Waals surface area contributed by atoms with Gasteiger partial charge in [-0.2, -0.15) is 20.2 Å². The molecule has 39 heavy (non-hydrogen) atoms. The molecule has 204 valence electrons. The van der Waals surface area contributed by atoms with Gasteiger partial charge in [0.2, 0.25) is 11.9 Å². The van der Waals surface area contributed by atoms with Crippen LogP contribution in [0.25, 0.3) is 0 Å². The number of ketones is 1. The third-order valence-corrected chi connectivity index (χ3v) is 12.2. The smallest absolute Gasteiger partial charge is 0.323 e. The van der Waals surface area contributed by atoms with Crippen LogP contribution in [0.15, 0.2) is 0 Å². The third-order valence-electron chi connectivity index (χ3n) is 9.59. The van der Waals surface area contributed by atoms with Gasteiger partial charge in [-0.05, 0) is 32.2 Å². The van der Waals surface area contributed by atoms with Gasteiger partial charge in [-0.15, -0.1) is 23.1 Å². The second-order valence-electron chi connectivity index (χ2n) is 11.8. The summed E-state index contributed by atoms with van der Waals surface area (Å²) in [5.74, 6) is 2.10. The van der Waals surface area contributed by atoms with Crippen LogP contribution in [-0.4, -0.2) is 82.2 Å². The van der Waals surface area contributed by atoms with Crippen LogP contribution in [0.2, 0.25) is 0 Å². The number of nitrogen functional groups attached to an aromatic ring is 1. The zero-order valence-electron chi connectivity index (χ0n) is 21.4. The summed E-state index contributed by atoms with van der Waals surface area (Å²) in [7, 11) is 0. The molecular formula is C26H29FN8O2S2. The molecule has 0 unspecified atom stereocenters. The standard InChI is InChI=1S/C26H29FN8O2S2/c27-14-7-25(4-1-5-34(25)9-14)13-37-24-31-22(30-23(32-24)35-15-2-3-17(35)18(36)6-15)33-11-26(12-33)20-16(8-28)21(29)39-19(20)10-38-26/h14-15,17H,1-7,9-13,29H2/t14-,15+,17-,25+/m1/s1. The number of carbonyl (C=O) groups excluding carboxylic acids is 1. The van der Waals surface area contributed by atoms with Gasteiger partial charge in [0, 0.05) is 54.7 Å². The first kappa shape index (κ1) is 24.1. The van der Waals surface area contributed by atoms with E-state index in [0.29, 0.717) is 61.5 Å². The number of thiophene rings is 1. The van der Waals surface area contributed by atoms with Crippen molar-refractivity contribution in [3.05, 3.63) is 16.0 Å². The van der Waals surface area contributed by atoms with Gasteiger partial charge in [0.25, 0.3) is 0 Å². The first-order valence-corrected chi connectivity index (χ1v) is 15.5. The Balaban J connectivity index is 1.10. The van der Waals surface area contributed by atoms with Crippen LogP contribution in [-0.2, 0) is 15.3 Å². The van der Waals surface area contributed by atoms with E-state index in [1.807, 2.05) is 11.8 Å². The fourth-order valence-electron chi connectivity index (χ4n) is 7.80. The van der Waals surface area contributed by atoms with E-state index >= 15 is 0 Å². The topological polar surface area (TPSA) is 124 Å². The Kier molecular flexibility index (Phi) is 5.20. The summed E-state index contributed by atoms with van der Waals surface area (Å²) in [6.07, 6.45) is 3.88. The minimum absolute atomic E-state index is 0.110. The van der Waals surface area contributed by atoms with Crippen molar-refractivity contribution >= 4 is 45.8 Å². The number of rotatable bonds is 5. The number of aromatic nitrogens is 3. The van der Waals surface area contributed by atoms with Gasteiger partial charge < -0.3 is 20.3 Å². The van der Waals surface area contributed by atoms with Crippen LogP contribution in [0, 0.1) is 11.3 Å². The molecular weight excluding hydrogens is 539 g/mol. The van der Waals surface area contributed by atoms with E-state index in [1.165, 1.54) is 16.2 Å². The molecule has 0 aromatic carbocycles. The molecule has 6 aliphatic heterocycles. The van der Waals surface area contributed by atoms with Gasteiger partial charge >= 0.3 is 6.01 Å². The summed E-state index contributed by atoms with van der Waals surface area (Å²) in [6, 6.07) is 2.47. The molecule has 13 heteroatoms. The number of halogens is 1. The van der Waals surface area contributed by atoms with E-state index in [0.717, 1.165) is 43.5 Å². The van der Waals surface area contributed by atoms with E-state index in [4.69, 9.17) is 25.4 Å². The molecule has 8 heterocycles. The Hall–Kier alpha value is -2.69. The molecule has 4 atom stereocenters. The number of anilines is 3. The quantitative estimate of drug-likeness (QED) is 0.572. The molecule has 5 fully saturated rings. The Morgan fingerprint density at radius 1 is 1.23 bits per heavy atom. The predicted molar refractivity (Wildman–Crippen MR) is 146 cm³/mol. The fraction of sp³-hybridized carbons (Fsp3) is 0.654. The number of alkyl halides is 1. The van der Waals surface area contributed by atoms with Crippen LogP contribution in [0.1, 0.15) is 54.5 Å². The zero-order chi connectivity index (χ0) is 26.5. The molecule has 1 spiro atoms. The molecule has 2 N–H and O–H groups in total. The van der Waals surface area contributed by atoms with E-state index < -0.39 is 6.17 Å². The van der Waals surface area contributed by atoms with Gasteiger partial charge in [0.05, 0.1) is 21.9 Å². The highest BCUT2D eigenvalue weighted by molar-refractivity contribution is 8.00. The third kappa shape index (κ3) is 3.47.